The van der Waals surface area contributed by atoms with Crippen LogP contribution in [-0.4, -0.2) is 30.6 Å². The number of nitrogens with one attached hydrogen (secondary N) is 1. The molecule has 0 radical (unpaired) electrons. The van der Waals surface area contributed by atoms with Crippen molar-refractivity contribution < 1.29 is 9.53 Å². The molecule has 4 heteroatoms. The van der Waals surface area contributed by atoms with Crippen LogP contribution in [0, 0.1) is 0 Å². The van der Waals surface area contributed by atoms with Gasteiger partial charge in [0.2, 0.25) is 0 Å². The molecular formula is C21H26N2O2. The van der Waals surface area contributed by atoms with Gasteiger partial charge in [0.25, 0.3) is 0 Å². The van der Waals surface area contributed by atoms with Crippen molar-refractivity contribution in [2.75, 3.05) is 19.7 Å². The SMILES string of the molecule is CCN(Cc1ccccc1)C(=O)NCCOc1ccc2c(c1)CCC2. The molecular weight excluding hydrogens is 312 g/mol. The Morgan fingerprint density at radius 1 is 1.12 bits per heavy atom. The highest BCUT2D eigenvalue weighted by atomic mass is 16.5. The number of fused-ring (bicyclic) bond motifs is 1. The number of nitrogens with zero attached hydrogens (tertiary/aromatic N) is 1. The highest BCUT2D eigenvalue weighted by Gasteiger charge is 2.12. The maximum absolute atomic E-state index is 12.3. The van der Waals surface area contributed by atoms with Crippen molar-refractivity contribution in [2.45, 2.75) is 32.7 Å². The first-order valence-corrected chi connectivity index (χ1v) is 9.07. The number of benzene rings is 2. The predicted molar refractivity (Wildman–Crippen MR) is 99.9 cm³/mol. The third kappa shape index (κ3) is 4.75. The minimum atomic E-state index is -0.0519. The minimum Gasteiger partial charge on any atom is -0.492 e. The van der Waals surface area contributed by atoms with E-state index in [-0.39, 0.29) is 6.03 Å². The molecule has 1 aliphatic carbocycles. The van der Waals surface area contributed by atoms with Crippen LogP contribution >= 0.6 is 0 Å². The van der Waals surface area contributed by atoms with E-state index in [0.29, 0.717) is 26.2 Å². The van der Waals surface area contributed by atoms with E-state index in [1.54, 1.807) is 4.90 Å². The largest absolute Gasteiger partial charge is 0.492 e. The lowest BCUT2D eigenvalue weighted by atomic mass is 10.1. The Balaban J connectivity index is 1.42. The molecule has 2 aromatic carbocycles. The van der Waals surface area contributed by atoms with Crippen LogP contribution in [0.15, 0.2) is 48.5 Å². The Morgan fingerprint density at radius 3 is 2.72 bits per heavy atom. The molecule has 0 aliphatic heterocycles. The summed E-state index contributed by atoms with van der Waals surface area (Å²) in [6.45, 7) is 4.26. The van der Waals surface area contributed by atoms with Gasteiger partial charge < -0.3 is 15.0 Å². The van der Waals surface area contributed by atoms with Gasteiger partial charge in [0.15, 0.2) is 0 Å². The van der Waals surface area contributed by atoms with Crippen molar-refractivity contribution in [3.63, 3.8) is 0 Å². The van der Waals surface area contributed by atoms with Crippen molar-refractivity contribution in [1.82, 2.24) is 10.2 Å². The fraction of sp³-hybridized carbons (Fsp3) is 0.381. The second kappa shape index (κ2) is 8.56. The lowest BCUT2D eigenvalue weighted by Gasteiger charge is -2.21. The van der Waals surface area contributed by atoms with Gasteiger partial charge in [0, 0.05) is 13.1 Å². The van der Waals surface area contributed by atoms with Gasteiger partial charge in [0.1, 0.15) is 12.4 Å². The maximum Gasteiger partial charge on any atom is 0.317 e. The molecule has 25 heavy (non-hydrogen) atoms. The van der Waals surface area contributed by atoms with Crippen LogP contribution in [0.25, 0.3) is 0 Å². The zero-order chi connectivity index (χ0) is 17.5. The van der Waals surface area contributed by atoms with E-state index in [1.165, 1.54) is 24.0 Å². The van der Waals surface area contributed by atoms with Crippen molar-refractivity contribution in [2.24, 2.45) is 0 Å². The molecule has 3 rings (SSSR count). The second-order valence-corrected chi connectivity index (χ2v) is 6.36. The molecule has 0 fully saturated rings. The molecule has 0 aromatic heterocycles. The first-order valence-electron chi connectivity index (χ1n) is 9.07. The number of aryl methyl sites for hydroxylation is 2. The number of hydrogen-bond donors (Lipinski definition) is 1. The van der Waals surface area contributed by atoms with Crippen LogP contribution in [0.1, 0.15) is 30.0 Å². The van der Waals surface area contributed by atoms with E-state index in [2.05, 4.69) is 17.4 Å². The zero-order valence-corrected chi connectivity index (χ0v) is 14.8. The van der Waals surface area contributed by atoms with Crippen LogP contribution in [0.2, 0.25) is 0 Å². The monoisotopic (exact) mass is 338 g/mol. The van der Waals surface area contributed by atoms with Gasteiger partial charge in [-0.3, -0.25) is 0 Å². The minimum absolute atomic E-state index is 0.0519. The number of ether oxygens (including phenoxy) is 1. The van der Waals surface area contributed by atoms with Gasteiger partial charge in [-0.1, -0.05) is 36.4 Å². The van der Waals surface area contributed by atoms with E-state index in [1.807, 2.05) is 43.3 Å². The number of amides is 2. The second-order valence-electron chi connectivity index (χ2n) is 6.36. The van der Waals surface area contributed by atoms with E-state index in [9.17, 15) is 4.79 Å². The third-order valence-electron chi connectivity index (χ3n) is 4.60. The summed E-state index contributed by atoms with van der Waals surface area (Å²) in [4.78, 5) is 14.1. The van der Waals surface area contributed by atoms with Gasteiger partial charge in [-0.15, -0.1) is 0 Å². The van der Waals surface area contributed by atoms with E-state index < -0.39 is 0 Å². The quantitative estimate of drug-likeness (QED) is 0.781. The molecule has 0 saturated carbocycles. The molecule has 0 atom stereocenters. The molecule has 0 heterocycles. The number of carbonyl (C=O) groups excluding carboxylic acids is 1. The Bertz CT molecular complexity index is 700. The first-order chi connectivity index (χ1) is 12.3. The fourth-order valence-electron chi connectivity index (χ4n) is 3.21. The number of urea groups is 1. The third-order valence-corrected chi connectivity index (χ3v) is 4.60. The van der Waals surface area contributed by atoms with E-state index in [0.717, 1.165) is 17.7 Å². The van der Waals surface area contributed by atoms with Crippen molar-refractivity contribution in [3.8, 4) is 5.75 Å². The Hall–Kier alpha value is -2.49. The summed E-state index contributed by atoms with van der Waals surface area (Å²) in [5, 5.41) is 2.94. The Kier molecular flexibility index (Phi) is 5.94. The van der Waals surface area contributed by atoms with Gasteiger partial charge in [0.05, 0.1) is 6.54 Å². The maximum atomic E-state index is 12.3. The number of carbonyl (C=O) groups is 1. The van der Waals surface area contributed by atoms with E-state index in [4.69, 9.17) is 4.74 Å². The van der Waals surface area contributed by atoms with Crippen LogP contribution in [0.5, 0.6) is 5.75 Å². The lowest BCUT2D eigenvalue weighted by molar-refractivity contribution is 0.195. The van der Waals surface area contributed by atoms with Crippen LogP contribution in [0.4, 0.5) is 4.79 Å². The van der Waals surface area contributed by atoms with Crippen molar-refractivity contribution >= 4 is 6.03 Å². The van der Waals surface area contributed by atoms with Gasteiger partial charge in [-0.25, -0.2) is 4.79 Å². The van der Waals surface area contributed by atoms with Crippen LogP contribution in [0.3, 0.4) is 0 Å². The fourth-order valence-corrected chi connectivity index (χ4v) is 3.21. The van der Waals surface area contributed by atoms with Gasteiger partial charge in [-0.2, -0.15) is 0 Å². The molecule has 0 spiro atoms. The van der Waals surface area contributed by atoms with Gasteiger partial charge >= 0.3 is 6.03 Å². The molecule has 0 bridgehead atoms. The topological polar surface area (TPSA) is 41.6 Å². The molecule has 132 valence electrons. The summed E-state index contributed by atoms with van der Waals surface area (Å²) in [7, 11) is 0. The van der Waals surface area contributed by atoms with Crippen LogP contribution < -0.4 is 10.1 Å². The average Bonchev–Trinajstić information content (AvgIpc) is 3.11. The summed E-state index contributed by atoms with van der Waals surface area (Å²) in [5.74, 6) is 0.895. The number of hydrogen-bond acceptors (Lipinski definition) is 2. The Morgan fingerprint density at radius 2 is 1.92 bits per heavy atom. The highest BCUT2D eigenvalue weighted by molar-refractivity contribution is 5.74. The molecule has 1 aliphatic rings. The zero-order valence-electron chi connectivity index (χ0n) is 14.8. The predicted octanol–water partition coefficient (Wildman–Crippen LogP) is 3.79. The molecule has 0 unspecified atom stereocenters. The summed E-state index contributed by atoms with van der Waals surface area (Å²) in [6, 6.07) is 16.3. The van der Waals surface area contributed by atoms with E-state index >= 15 is 0 Å². The number of rotatable bonds is 7. The average molecular weight is 338 g/mol. The lowest BCUT2D eigenvalue weighted by Crippen LogP contribution is -2.41. The van der Waals surface area contributed by atoms with Gasteiger partial charge in [-0.05, 0) is 55.0 Å². The Labute approximate surface area is 149 Å². The standard InChI is InChI=1S/C21H26N2O2/c1-2-23(16-17-7-4-3-5-8-17)21(24)22-13-14-25-20-12-11-18-9-6-10-19(18)15-20/h3-5,7-8,11-12,15H,2,6,9-10,13-14,16H2,1H3,(H,22,24). The summed E-state index contributed by atoms with van der Waals surface area (Å²) >= 11 is 0. The van der Waals surface area contributed by atoms with Crippen LogP contribution in [-0.2, 0) is 19.4 Å². The summed E-state index contributed by atoms with van der Waals surface area (Å²) in [6.07, 6.45) is 3.57. The molecule has 4 nitrogen and oxygen atoms in total. The molecule has 1 N–H and O–H groups in total. The molecule has 0 saturated heterocycles. The highest BCUT2D eigenvalue weighted by Crippen LogP contribution is 2.25. The van der Waals surface area contributed by atoms with Crippen molar-refractivity contribution in [3.05, 3.63) is 65.2 Å². The first kappa shape index (κ1) is 17.3. The summed E-state index contributed by atoms with van der Waals surface area (Å²) in [5.41, 5.74) is 3.98. The summed E-state index contributed by atoms with van der Waals surface area (Å²) < 4.78 is 5.78. The molecule has 2 aromatic rings. The normalized spacial score (nSPS) is 12.5. The molecule has 2 amide bonds. The smallest absolute Gasteiger partial charge is 0.317 e. The van der Waals surface area contributed by atoms with Crippen molar-refractivity contribution in [1.29, 1.82) is 0 Å².